The molecule has 0 aliphatic rings. The van der Waals surface area contributed by atoms with Gasteiger partial charge < -0.3 is 5.32 Å². The maximum atomic E-state index is 8.64. The SMILES string of the molecule is CC(C)(C)CC(C)(C)Nc1cnc(C#N)cn1. The van der Waals surface area contributed by atoms with Crippen LogP contribution in [0.4, 0.5) is 5.82 Å². The molecular formula is C13H20N4. The molecule has 4 heteroatoms. The molecule has 0 aromatic carbocycles. The molecule has 0 bridgehead atoms. The van der Waals surface area contributed by atoms with Crippen LogP contribution in [0.5, 0.6) is 0 Å². The average Bonchev–Trinajstić information content (AvgIpc) is 2.14. The van der Waals surface area contributed by atoms with Gasteiger partial charge in [0, 0.05) is 5.54 Å². The summed E-state index contributed by atoms with van der Waals surface area (Å²) < 4.78 is 0. The van der Waals surface area contributed by atoms with Crippen LogP contribution in [0, 0.1) is 16.7 Å². The van der Waals surface area contributed by atoms with Crippen LogP contribution >= 0.6 is 0 Å². The fourth-order valence-corrected chi connectivity index (χ4v) is 2.17. The van der Waals surface area contributed by atoms with Crippen molar-refractivity contribution < 1.29 is 0 Å². The standard InChI is InChI=1S/C13H20N4/c1-12(2,3)9-13(4,5)17-11-8-15-10(6-14)7-16-11/h7-8H,9H2,1-5H3,(H,16,17). The van der Waals surface area contributed by atoms with Crippen LogP contribution in [0.1, 0.15) is 46.7 Å². The van der Waals surface area contributed by atoms with E-state index in [2.05, 4.69) is 49.9 Å². The lowest BCUT2D eigenvalue weighted by atomic mass is 9.82. The molecule has 0 amide bonds. The highest BCUT2D eigenvalue weighted by atomic mass is 15.1. The van der Waals surface area contributed by atoms with Crippen molar-refractivity contribution in [3.8, 4) is 6.07 Å². The number of nitrogens with zero attached hydrogens (tertiary/aromatic N) is 3. The Labute approximate surface area is 103 Å². The van der Waals surface area contributed by atoms with Gasteiger partial charge in [-0.3, -0.25) is 0 Å². The first kappa shape index (κ1) is 13.4. The van der Waals surface area contributed by atoms with Crippen molar-refractivity contribution in [2.45, 2.75) is 46.6 Å². The van der Waals surface area contributed by atoms with E-state index in [-0.39, 0.29) is 11.0 Å². The average molecular weight is 232 g/mol. The van der Waals surface area contributed by atoms with Gasteiger partial charge in [0.15, 0.2) is 5.69 Å². The normalized spacial score (nSPS) is 12.0. The van der Waals surface area contributed by atoms with Crippen LogP contribution in [0.2, 0.25) is 0 Å². The fourth-order valence-electron chi connectivity index (χ4n) is 2.17. The van der Waals surface area contributed by atoms with Crippen LogP contribution in [0.3, 0.4) is 0 Å². The number of rotatable bonds is 3. The summed E-state index contributed by atoms with van der Waals surface area (Å²) in [6.07, 6.45) is 4.10. The van der Waals surface area contributed by atoms with Crippen molar-refractivity contribution in [3.63, 3.8) is 0 Å². The van der Waals surface area contributed by atoms with E-state index in [9.17, 15) is 0 Å². The van der Waals surface area contributed by atoms with Gasteiger partial charge in [0.1, 0.15) is 11.9 Å². The van der Waals surface area contributed by atoms with E-state index in [0.717, 1.165) is 6.42 Å². The van der Waals surface area contributed by atoms with E-state index in [4.69, 9.17) is 5.26 Å². The molecule has 0 saturated heterocycles. The van der Waals surface area contributed by atoms with E-state index in [1.165, 1.54) is 6.20 Å². The topological polar surface area (TPSA) is 61.6 Å². The molecule has 0 unspecified atom stereocenters. The van der Waals surface area contributed by atoms with Gasteiger partial charge in [-0.1, -0.05) is 20.8 Å². The van der Waals surface area contributed by atoms with Gasteiger partial charge in [0.2, 0.25) is 0 Å². The van der Waals surface area contributed by atoms with E-state index < -0.39 is 0 Å². The maximum absolute atomic E-state index is 8.64. The zero-order valence-electron chi connectivity index (χ0n) is 11.2. The van der Waals surface area contributed by atoms with E-state index in [1.54, 1.807) is 6.20 Å². The smallest absolute Gasteiger partial charge is 0.158 e. The Balaban J connectivity index is 2.73. The molecule has 0 fully saturated rings. The number of aromatic nitrogens is 2. The Morgan fingerprint density at radius 1 is 1.18 bits per heavy atom. The molecule has 1 aromatic heterocycles. The second kappa shape index (κ2) is 4.70. The van der Waals surface area contributed by atoms with Crippen LogP contribution in [-0.4, -0.2) is 15.5 Å². The van der Waals surface area contributed by atoms with Crippen molar-refractivity contribution in [2.75, 3.05) is 5.32 Å². The maximum Gasteiger partial charge on any atom is 0.158 e. The monoisotopic (exact) mass is 232 g/mol. The molecule has 17 heavy (non-hydrogen) atoms. The molecule has 1 aromatic rings. The molecule has 0 aliphatic heterocycles. The number of hydrogen-bond donors (Lipinski definition) is 1. The van der Waals surface area contributed by atoms with Crippen LogP contribution in [0.15, 0.2) is 12.4 Å². The van der Waals surface area contributed by atoms with Gasteiger partial charge in [-0.15, -0.1) is 0 Å². The molecule has 4 nitrogen and oxygen atoms in total. The first-order valence-electron chi connectivity index (χ1n) is 5.72. The molecular weight excluding hydrogens is 212 g/mol. The zero-order chi connectivity index (χ0) is 13.1. The summed E-state index contributed by atoms with van der Waals surface area (Å²) >= 11 is 0. The van der Waals surface area contributed by atoms with Gasteiger partial charge in [-0.25, -0.2) is 9.97 Å². The number of hydrogen-bond acceptors (Lipinski definition) is 4. The Morgan fingerprint density at radius 2 is 1.82 bits per heavy atom. The lowest BCUT2D eigenvalue weighted by molar-refractivity contribution is 0.302. The number of nitriles is 1. The predicted molar refractivity (Wildman–Crippen MR) is 68.5 cm³/mol. The quantitative estimate of drug-likeness (QED) is 0.870. The third-order valence-electron chi connectivity index (χ3n) is 2.21. The Bertz CT molecular complexity index is 407. The zero-order valence-corrected chi connectivity index (χ0v) is 11.2. The molecule has 92 valence electrons. The molecule has 0 spiro atoms. The summed E-state index contributed by atoms with van der Waals surface area (Å²) in [5.41, 5.74) is 0.529. The van der Waals surface area contributed by atoms with Crippen LogP contribution in [0.25, 0.3) is 0 Å². The van der Waals surface area contributed by atoms with Gasteiger partial charge >= 0.3 is 0 Å². The van der Waals surface area contributed by atoms with E-state index in [0.29, 0.717) is 11.5 Å². The van der Waals surface area contributed by atoms with E-state index in [1.807, 2.05) is 6.07 Å². The molecule has 0 saturated carbocycles. The van der Waals surface area contributed by atoms with Gasteiger partial charge in [0.05, 0.1) is 12.4 Å². The lowest BCUT2D eigenvalue weighted by Gasteiger charge is -2.33. The van der Waals surface area contributed by atoms with E-state index >= 15 is 0 Å². The Kier molecular flexibility index (Phi) is 3.72. The minimum Gasteiger partial charge on any atom is -0.364 e. The minimum absolute atomic E-state index is 0.0545. The summed E-state index contributed by atoms with van der Waals surface area (Å²) in [6.45, 7) is 10.9. The third kappa shape index (κ3) is 4.81. The first-order chi connectivity index (χ1) is 7.72. The third-order valence-corrected chi connectivity index (χ3v) is 2.21. The second-order valence-electron chi connectivity index (χ2n) is 6.15. The van der Waals surface area contributed by atoms with Crippen molar-refractivity contribution in [2.24, 2.45) is 5.41 Å². The fraction of sp³-hybridized carbons (Fsp3) is 0.615. The molecule has 1 N–H and O–H groups in total. The van der Waals surface area contributed by atoms with Crippen molar-refractivity contribution in [1.29, 1.82) is 5.26 Å². The summed E-state index contributed by atoms with van der Waals surface area (Å²) in [5.74, 6) is 0.707. The van der Waals surface area contributed by atoms with Gasteiger partial charge in [-0.05, 0) is 25.7 Å². The van der Waals surface area contributed by atoms with Crippen LogP contribution in [-0.2, 0) is 0 Å². The summed E-state index contributed by atoms with van der Waals surface area (Å²) in [6, 6.07) is 1.95. The molecule has 0 radical (unpaired) electrons. The number of nitrogens with one attached hydrogen (secondary N) is 1. The Morgan fingerprint density at radius 3 is 2.24 bits per heavy atom. The lowest BCUT2D eigenvalue weighted by Crippen LogP contribution is -2.35. The minimum atomic E-state index is -0.0545. The number of anilines is 1. The molecule has 0 atom stereocenters. The van der Waals surface area contributed by atoms with Crippen molar-refractivity contribution in [1.82, 2.24) is 9.97 Å². The summed E-state index contributed by atoms with van der Waals surface area (Å²) in [4.78, 5) is 8.16. The highest BCUT2D eigenvalue weighted by Crippen LogP contribution is 2.28. The summed E-state index contributed by atoms with van der Waals surface area (Å²) in [5, 5.41) is 12.0. The second-order valence-corrected chi connectivity index (χ2v) is 6.15. The van der Waals surface area contributed by atoms with Crippen molar-refractivity contribution >= 4 is 5.82 Å². The molecule has 0 aliphatic carbocycles. The molecule has 1 rings (SSSR count). The summed E-state index contributed by atoms with van der Waals surface area (Å²) in [7, 11) is 0. The highest BCUT2D eigenvalue weighted by Gasteiger charge is 2.25. The first-order valence-corrected chi connectivity index (χ1v) is 5.72. The highest BCUT2D eigenvalue weighted by molar-refractivity contribution is 5.36. The Hall–Kier alpha value is -1.63. The van der Waals surface area contributed by atoms with Crippen LogP contribution < -0.4 is 5.32 Å². The van der Waals surface area contributed by atoms with Crippen molar-refractivity contribution in [3.05, 3.63) is 18.1 Å². The predicted octanol–water partition coefficient (Wildman–Crippen LogP) is 2.97. The molecule has 1 heterocycles. The van der Waals surface area contributed by atoms with Gasteiger partial charge in [0.25, 0.3) is 0 Å². The largest absolute Gasteiger partial charge is 0.364 e. The van der Waals surface area contributed by atoms with Gasteiger partial charge in [-0.2, -0.15) is 5.26 Å².